The summed E-state index contributed by atoms with van der Waals surface area (Å²) in [6, 6.07) is 14.6. The van der Waals surface area contributed by atoms with Gasteiger partial charge < -0.3 is 9.73 Å². The van der Waals surface area contributed by atoms with Crippen molar-refractivity contribution in [3.05, 3.63) is 80.7 Å². The van der Waals surface area contributed by atoms with E-state index >= 15 is 0 Å². The largest absolute Gasteiger partial charge is 0.451 e. The van der Waals surface area contributed by atoms with Crippen molar-refractivity contribution in [1.82, 2.24) is 10.2 Å². The highest BCUT2D eigenvalue weighted by Crippen LogP contribution is 2.25. The fourth-order valence-electron chi connectivity index (χ4n) is 4.18. The molecule has 1 N–H and O–H groups in total. The summed E-state index contributed by atoms with van der Waals surface area (Å²) in [4.78, 5) is 27.8. The van der Waals surface area contributed by atoms with Crippen molar-refractivity contribution in [2.24, 2.45) is 0 Å². The lowest BCUT2D eigenvalue weighted by molar-refractivity contribution is 0.0897. The fourth-order valence-corrected chi connectivity index (χ4v) is 4.31. The number of amides is 1. The van der Waals surface area contributed by atoms with Crippen LogP contribution in [0.2, 0.25) is 5.02 Å². The van der Waals surface area contributed by atoms with Crippen molar-refractivity contribution in [2.75, 3.05) is 19.6 Å². The smallest absolute Gasteiger partial charge is 0.287 e. The molecule has 1 aliphatic rings. The maximum absolute atomic E-state index is 12.9. The van der Waals surface area contributed by atoms with Gasteiger partial charge in [-0.1, -0.05) is 43.1 Å². The Balaban J connectivity index is 1.54. The average molecular weight is 439 g/mol. The number of benzene rings is 2. The highest BCUT2D eigenvalue weighted by Gasteiger charge is 2.23. The molecule has 1 atom stereocenters. The molecule has 162 valence electrons. The molecule has 0 spiro atoms. The number of halogens is 1. The van der Waals surface area contributed by atoms with Crippen LogP contribution in [-0.2, 0) is 6.42 Å². The molecule has 0 saturated carbocycles. The molecular weight excluding hydrogens is 412 g/mol. The van der Waals surface area contributed by atoms with Gasteiger partial charge in [0.05, 0.1) is 11.4 Å². The Hall–Kier alpha value is -2.63. The van der Waals surface area contributed by atoms with Crippen LogP contribution in [0.1, 0.15) is 53.9 Å². The van der Waals surface area contributed by atoms with E-state index in [4.69, 9.17) is 16.0 Å². The van der Waals surface area contributed by atoms with Gasteiger partial charge in [-0.2, -0.15) is 0 Å². The molecule has 1 aromatic heterocycles. The molecule has 1 fully saturated rings. The Bertz CT molecular complexity index is 1120. The normalized spacial score (nSPS) is 15.7. The monoisotopic (exact) mass is 438 g/mol. The summed E-state index contributed by atoms with van der Waals surface area (Å²) in [7, 11) is 0. The van der Waals surface area contributed by atoms with Crippen LogP contribution in [0.3, 0.4) is 0 Å². The minimum atomic E-state index is -0.380. The molecule has 0 unspecified atom stereocenters. The van der Waals surface area contributed by atoms with Gasteiger partial charge in [0.15, 0.2) is 11.2 Å². The molecule has 0 bridgehead atoms. The van der Waals surface area contributed by atoms with Crippen LogP contribution in [0.4, 0.5) is 0 Å². The second kappa shape index (κ2) is 9.67. The number of hydrogen-bond donors (Lipinski definition) is 1. The first-order valence-electron chi connectivity index (χ1n) is 10.9. The number of hydrogen-bond acceptors (Lipinski definition) is 4. The predicted octanol–water partition coefficient (Wildman–Crippen LogP) is 4.97. The molecule has 0 radical (unpaired) electrons. The molecule has 0 aliphatic carbocycles. The molecule has 4 rings (SSSR count). The highest BCUT2D eigenvalue weighted by atomic mass is 35.5. The molecule has 5 nitrogen and oxygen atoms in total. The van der Waals surface area contributed by atoms with E-state index in [1.165, 1.54) is 12.5 Å². The van der Waals surface area contributed by atoms with Gasteiger partial charge >= 0.3 is 0 Å². The second-order valence-corrected chi connectivity index (χ2v) is 8.47. The van der Waals surface area contributed by atoms with Gasteiger partial charge in [0.1, 0.15) is 5.58 Å². The fraction of sp³-hybridized carbons (Fsp3) is 0.360. The maximum atomic E-state index is 12.9. The van der Waals surface area contributed by atoms with Crippen molar-refractivity contribution in [3.63, 3.8) is 0 Å². The number of carbonyl (C=O) groups is 1. The third-order valence-corrected chi connectivity index (χ3v) is 6.22. The summed E-state index contributed by atoms with van der Waals surface area (Å²) in [5.41, 5.74) is 2.40. The van der Waals surface area contributed by atoms with E-state index in [0.29, 0.717) is 22.5 Å². The molecule has 6 heteroatoms. The zero-order chi connectivity index (χ0) is 21.8. The number of likely N-dealkylation sites (tertiary alicyclic amines) is 1. The van der Waals surface area contributed by atoms with E-state index in [1.54, 1.807) is 6.07 Å². The van der Waals surface area contributed by atoms with E-state index in [2.05, 4.69) is 10.2 Å². The molecule has 1 aliphatic heterocycles. The Kier molecular flexibility index (Phi) is 6.73. The van der Waals surface area contributed by atoms with Crippen LogP contribution in [0, 0.1) is 0 Å². The summed E-state index contributed by atoms with van der Waals surface area (Å²) in [6.07, 6.45) is 4.37. The van der Waals surface area contributed by atoms with E-state index < -0.39 is 0 Å². The molecule has 1 amide bonds. The van der Waals surface area contributed by atoms with Gasteiger partial charge in [-0.05, 0) is 67.7 Å². The van der Waals surface area contributed by atoms with E-state index in [9.17, 15) is 9.59 Å². The number of carbonyl (C=O) groups excluding carboxylic acids is 1. The summed E-state index contributed by atoms with van der Waals surface area (Å²) in [5.74, 6) is -0.343. The van der Waals surface area contributed by atoms with Crippen LogP contribution < -0.4 is 10.7 Å². The lowest BCUT2D eigenvalue weighted by Crippen LogP contribution is -2.40. The van der Waals surface area contributed by atoms with Gasteiger partial charge in [-0.25, -0.2) is 0 Å². The Morgan fingerprint density at radius 1 is 1.10 bits per heavy atom. The third kappa shape index (κ3) is 5.00. The number of aryl methyl sites for hydroxylation is 1. The Morgan fingerprint density at radius 3 is 2.55 bits per heavy atom. The first kappa shape index (κ1) is 21.6. The van der Waals surface area contributed by atoms with Gasteiger partial charge in [0.25, 0.3) is 5.91 Å². The Labute approximate surface area is 187 Å². The van der Waals surface area contributed by atoms with Gasteiger partial charge in [-0.3, -0.25) is 14.5 Å². The minimum Gasteiger partial charge on any atom is -0.451 e. The zero-order valence-corrected chi connectivity index (χ0v) is 18.5. The number of nitrogens with one attached hydrogen (secondary N) is 1. The van der Waals surface area contributed by atoms with Crippen molar-refractivity contribution in [1.29, 1.82) is 0 Å². The topological polar surface area (TPSA) is 62.6 Å². The number of fused-ring (bicyclic) bond motifs is 1. The van der Waals surface area contributed by atoms with Gasteiger partial charge in [0, 0.05) is 17.6 Å². The Morgan fingerprint density at radius 2 is 1.84 bits per heavy atom. The maximum Gasteiger partial charge on any atom is 0.287 e. The van der Waals surface area contributed by atoms with Crippen molar-refractivity contribution in [2.45, 2.75) is 38.6 Å². The number of nitrogens with zero attached hydrogens (tertiary/aromatic N) is 1. The first-order chi connectivity index (χ1) is 15.0. The van der Waals surface area contributed by atoms with E-state index in [-0.39, 0.29) is 23.1 Å². The van der Waals surface area contributed by atoms with Crippen LogP contribution in [0.25, 0.3) is 11.0 Å². The van der Waals surface area contributed by atoms with Crippen LogP contribution in [0.5, 0.6) is 0 Å². The minimum absolute atomic E-state index is 0.0373. The lowest BCUT2D eigenvalue weighted by Gasteiger charge is -2.35. The summed E-state index contributed by atoms with van der Waals surface area (Å²) < 4.78 is 5.76. The lowest BCUT2D eigenvalue weighted by atomic mass is 10.0. The summed E-state index contributed by atoms with van der Waals surface area (Å²) in [6.45, 7) is 4.45. The first-order valence-corrected chi connectivity index (χ1v) is 11.3. The molecule has 2 aromatic carbocycles. The molecule has 3 aromatic rings. The summed E-state index contributed by atoms with van der Waals surface area (Å²) >= 11 is 6.07. The van der Waals surface area contributed by atoms with Crippen molar-refractivity contribution in [3.8, 4) is 0 Å². The SMILES string of the molecule is CCc1ccc2oc(C(=O)NC[C@@H](c3ccc(Cl)cc3)N3CCCCC3)cc(=O)c2c1. The van der Waals surface area contributed by atoms with E-state index in [0.717, 1.165) is 43.5 Å². The molecule has 31 heavy (non-hydrogen) atoms. The number of rotatable bonds is 6. The average Bonchev–Trinajstić information content (AvgIpc) is 2.80. The van der Waals surface area contributed by atoms with E-state index in [1.807, 2.05) is 43.3 Å². The third-order valence-electron chi connectivity index (χ3n) is 5.97. The molecule has 2 heterocycles. The van der Waals surface area contributed by atoms with Crippen molar-refractivity contribution < 1.29 is 9.21 Å². The number of piperidine rings is 1. The summed E-state index contributed by atoms with van der Waals surface area (Å²) in [5, 5.41) is 4.17. The zero-order valence-electron chi connectivity index (χ0n) is 17.7. The molecular formula is C25H27ClN2O3. The molecule has 1 saturated heterocycles. The standard InChI is InChI=1S/C25H27ClN2O3/c1-2-17-6-11-23-20(14-17)22(29)15-24(31-23)25(30)27-16-21(28-12-4-3-5-13-28)18-7-9-19(26)10-8-18/h6-11,14-15,21H,2-5,12-13,16H2,1H3,(H,27,30)/t21-/m0/s1. The van der Waals surface area contributed by atoms with Crippen LogP contribution in [-0.4, -0.2) is 30.4 Å². The van der Waals surface area contributed by atoms with Crippen LogP contribution >= 0.6 is 11.6 Å². The van der Waals surface area contributed by atoms with Gasteiger partial charge in [0.2, 0.25) is 0 Å². The highest BCUT2D eigenvalue weighted by molar-refractivity contribution is 6.30. The second-order valence-electron chi connectivity index (χ2n) is 8.03. The van der Waals surface area contributed by atoms with Crippen LogP contribution in [0.15, 0.2) is 57.7 Å². The van der Waals surface area contributed by atoms with Gasteiger partial charge in [-0.15, -0.1) is 0 Å². The quantitative estimate of drug-likeness (QED) is 0.590. The predicted molar refractivity (Wildman–Crippen MR) is 124 cm³/mol. The van der Waals surface area contributed by atoms with Crippen molar-refractivity contribution >= 4 is 28.5 Å².